The summed E-state index contributed by atoms with van der Waals surface area (Å²) in [7, 11) is 0. The first-order valence-corrected chi connectivity index (χ1v) is 8.44. The summed E-state index contributed by atoms with van der Waals surface area (Å²) in [5, 5.41) is 3.10. The van der Waals surface area contributed by atoms with Crippen LogP contribution in [0, 0.1) is 0 Å². The summed E-state index contributed by atoms with van der Waals surface area (Å²) in [5.41, 5.74) is 0.222. The molecule has 23 heavy (non-hydrogen) atoms. The third-order valence-electron chi connectivity index (χ3n) is 3.19. The molecule has 2 amide bonds. The SMILES string of the molecule is CCOC(=O)CC(=O)N1CCCN1C(=O)c1ccnc(SC)n1. The van der Waals surface area contributed by atoms with Crippen LogP contribution in [0.4, 0.5) is 0 Å². The van der Waals surface area contributed by atoms with E-state index in [2.05, 4.69) is 9.97 Å². The molecule has 0 atom stereocenters. The molecule has 0 saturated carbocycles. The molecule has 0 aromatic carbocycles. The zero-order chi connectivity index (χ0) is 16.8. The van der Waals surface area contributed by atoms with Gasteiger partial charge in [0.1, 0.15) is 12.1 Å². The first kappa shape index (κ1) is 17.2. The van der Waals surface area contributed by atoms with E-state index in [1.54, 1.807) is 6.92 Å². The predicted octanol–water partition coefficient (Wildman–Crippen LogP) is 0.741. The first-order chi connectivity index (χ1) is 11.1. The van der Waals surface area contributed by atoms with E-state index in [9.17, 15) is 14.4 Å². The largest absolute Gasteiger partial charge is 0.466 e. The van der Waals surface area contributed by atoms with Gasteiger partial charge in [0, 0.05) is 19.3 Å². The highest BCUT2D eigenvalue weighted by Gasteiger charge is 2.33. The number of hydrogen-bond acceptors (Lipinski definition) is 7. The van der Waals surface area contributed by atoms with Gasteiger partial charge in [-0.25, -0.2) is 15.0 Å². The Hall–Kier alpha value is -2.16. The Balaban J connectivity index is 2.09. The van der Waals surface area contributed by atoms with Gasteiger partial charge in [-0.15, -0.1) is 0 Å². The van der Waals surface area contributed by atoms with Crippen LogP contribution in [0.15, 0.2) is 17.4 Å². The Labute approximate surface area is 138 Å². The molecule has 1 saturated heterocycles. The number of carbonyl (C=O) groups is 3. The lowest BCUT2D eigenvalue weighted by Crippen LogP contribution is -2.45. The molecule has 1 fully saturated rings. The van der Waals surface area contributed by atoms with Crippen LogP contribution in [-0.2, 0) is 14.3 Å². The summed E-state index contributed by atoms with van der Waals surface area (Å²) in [6.07, 6.45) is 3.60. The lowest BCUT2D eigenvalue weighted by atomic mass is 10.3. The van der Waals surface area contributed by atoms with Gasteiger partial charge in [0.2, 0.25) is 0 Å². The van der Waals surface area contributed by atoms with E-state index in [0.29, 0.717) is 24.7 Å². The molecule has 1 aliphatic heterocycles. The van der Waals surface area contributed by atoms with Crippen LogP contribution in [0.5, 0.6) is 0 Å². The first-order valence-electron chi connectivity index (χ1n) is 7.21. The number of hydrazine groups is 1. The average molecular weight is 338 g/mol. The highest BCUT2D eigenvalue weighted by molar-refractivity contribution is 7.98. The number of esters is 1. The molecule has 0 aliphatic carbocycles. The molecular formula is C14H18N4O4S. The molecule has 1 aliphatic rings. The molecule has 2 heterocycles. The third-order valence-corrected chi connectivity index (χ3v) is 3.75. The smallest absolute Gasteiger partial charge is 0.315 e. The van der Waals surface area contributed by atoms with Gasteiger partial charge in [-0.1, -0.05) is 11.8 Å². The minimum atomic E-state index is -0.594. The van der Waals surface area contributed by atoms with E-state index < -0.39 is 11.9 Å². The van der Waals surface area contributed by atoms with Crippen molar-refractivity contribution in [1.29, 1.82) is 0 Å². The summed E-state index contributed by atoms with van der Waals surface area (Å²) >= 11 is 1.33. The van der Waals surface area contributed by atoms with Gasteiger partial charge in [-0.2, -0.15) is 0 Å². The van der Waals surface area contributed by atoms with Gasteiger partial charge in [0.15, 0.2) is 5.16 Å². The number of thioether (sulfide) groups is 1. The van der Waals surface area contributed by atoms with Crippen molar-refractivity contribution in [2.75, 3.05) is 26.0 Å². The summed E-state index contributed by atoms with van der Waals surface area (Å²) in [4.78, 5) is 44.4. The van der Waals surface area contributed by atoms with Gasteiger partial charge in [0.25, 0.3) is 11.8 Å². The quantitative estimate of drug-likeness (QED) is 0.338. The summed E-state index contributed by atoms with van der Waals surface area (Å²) < 4.78 is 4.77. The number of nitrogens with zero attached hydrogens (tertiary/aromatic N) is 4. The maximum absolute atomic E-state index is 12.6. The molecule has 9 heteroatoms. The second kappa shape index (κ2) is 7.91. The van der Waals surface area contributed by atoms with Crippen molar-refractivity contribution in [2.24, 2.45) is 0 Å². The van der Waals surface area contributed by atoms with Crippen LogP contribution in [0.2, 0.25) is 0 Å². The second-order valence-electron chi connectivity index (χ2n) is 4.71. The Morgan fingerprint density at radius 1 is 1.30 bits per heavy atom. The van der Waals surface area contributed by atoms with E-state index in [1.807, 2.05) is 6.26 Å². The Bertz CT molecular complexity index is 610. The molecule has 0 spiro atoms. The molecule has 1 aromatic heterocycles. The highest BCUT2D eigenvalue weighted by Crippen LogP contribution is 2.17. The zero-order valence-electron chi connectivity index (χ0n) is 13.0. The van der Waals surface area contributed by atoms with Crippen molar-refractivity contribution in [3.63, 3.8) is 0 Å². The van der Waals surface area contributed by atoms with Crippen LogP contribution in [-0.4, -0.2) is 63.7 Å². The predicted molar refractivity (Wildman–Crippen MR) is 82.4 cm³/mol. The lowest BCUT2D eigenvalue weighted by molar-refractivity contribution is -0.152. The topological polar surface area (TPSA) is 92.7 Å². The Morgan fingerprint density at radius 2 is 2.04 bits per heavy atom. The van der Waals surface area contributed by atoms with Crippen molar-refractivity contribution in [3.8, 4) is 0 Å². The van der Waals surface area contributed by atoms with Gasteiger partial charge >= 0.3 is 5.97 Å². The molecule has 0 N–H and O–H groups in total. The zero-order valence-corrected chi connectivity index (χ0v) is 13.8. The average Bonchev–Trinajstić information content (AvgIpc) is 3.04. The number of ether oxygens (including phenoxy) is 1. The van der Waals surface area contributed by atoms with Crippen molar-refractivity contribution in [1.82, 2.24) is 20.0 Å². The van der Waals surface area contributed by atoms with Gasteiger partial charge in [0.05, 0.1) is 6.61 Å². The third kappa shape index (κ3) is 4.19. The molecular weight excluding hydrogens is 320 g/mol. The van der Waals surface area contributed by atoms with Crippen LogP contribution >= 0.6 is 11.8 Å². The van der Waals surface area contributed by atoms with Crippen molar-refractivity contribution >= 4 is 29.5 Å². The number of rotatable bonds is 5. The van der Waals surface area contributed by atoms with Crippen molar-refractivity contribution in [3.05, 3.63) is 18.0 Å². The fourth-order valence-corrected chi connectivity index (χ4v) is 2.56. The minimum Gasteiger partial charge on any atom is -0.466 e. The van der Waals surface area contributed by atoms with E-state index >= 15 is 0 Å². The van der Waals surface area contributed by atoms with Crippen molar-refractivity contribution < 1.29 is 19.1 Å². The van der Waals surface area contributed by atoms with E-state index in [4.69, 9.17) is 4.74 Å². The van der Waals surface area contributed by atoms with Crippen molar-refractivity contribution in [2.45, 2.75) is 24.9 Å². The van der Waals surface area contributed by atoms with Gasteiger partial charge in [-0.05, 0) is 25.7 Å². The number of amides is 2. The van der Waals surface area contributed by atoms with Crippen LogP contribution in [0.25, 0.3) is 0 Å². The van der Waals surface area contributed by atoms with Gasteiger partial charge in [-0.3, -0.25) is 19.4 Å². The highest BCUT2D eigenvalue weighted by atomic mass is 32.2. The Kier molecular flexibility index (Phi) is 5.91. The monoisotopic (exact) mass is 338 g/mol. The molecule has 2 rings (SSSR count). The summed E-state index contributed by atoms with van der Waals surface area (Å²) in [6, 6.07) is 1.51. The Morgan fingerprint density at radius 3 is 2.74 bits per heavy atom. The number of hydrogen-bond donors (Lipinski definition) is 0. The van der Waals surface area contributed by atoms with Gasteiger partial charge < -0.3 is 4.74 Å². The molecule has 0 bridgehead atoms. The molecule has 124 valence electrons. The molecule has 0 unspecified atom stereocenters. The van der Waals surface area contributed by atoms with Crippen LogP contribution in [0.3, 0.4) is 0 Å². The van der Waals surface area contributed by atoms with E-state index in [1.165, 1.54) is 34.0 Å². The number of aromatic nitrogens is 2. The van der Waals surface area contributed by atoms with Crippen LogP contribution in [0.1, 0.15) is 30.3 Å². The lowest BCUT2D eigenvalue weighted by Gasteiger charge is -2.27. The number of carbonyl (C=O) groups excluding carboxylic acids is 3. The van der Waals surface area contributed by atoms with E-state index in [0.717, 1.165) is 0 Å². The summed E-state index contributed by atoms with van der Waals surface area (Å²) in [5.74, 6) is -1.42. The minimum absolute atomic E-state index is 0.215. The maximum Gasteiger partial charge on any atom is 0.315 e. The second-order valence-corrected chi connectivity index (χ2v) is 5.48. The molecule has 0 radical (unpaired) electrons. The molecule has 8 nitrogen and oxygen atoms in total. The van der Waals surface area contributed by atoms with Crippen LogP contribution < -0.4 is 0 Å². The van der Waals surface area contributed by atoms with E-state index in [-0.39, 0.29) is 24.6 Å². The summed E-state index contributed by atoms with van der Waals surface area (Å²) in [6.45, 7) is 2.69. The standard InChI is InChI=1S/C14H18N4O4S/c1-3-22-12(20)9-11(19)17-7-4-8-18(17)13(21)10-5-6-15-14(16-10)23-2/h5-6H,3-4,7-9H2,1-2H3. The fourth-order valence-electron chi connectivity index (χ4n) is 2.20. The normalized spacial score (nSPS) is 14.0. The molecule has 1 aromatic rings. The fraction of sp³-hybridized carbons (Fsp3) is 0.500. The maximum atomic E-state index is 12.6.